The maximum Gasteiger partial charge on any atom is 0.144 e. The van der Waals surface area contributed by atoms with E-state index in [-0.39, 0.29) is 0 Å². The second-order valence-electron chi connectivity index (χ2n) is 4.76. The van der Waals surface area contributed by atoms with Crippen molar-refractivity contribution in [1.29, 1.82) is 0 Å². The molecular formula is C12H18BrN3S2. The minimum atomic E-state index is 0.394. The molecule has 100 valence electrons. The predicted octanol–water partition coefficient (Wildman–Crippen LogP) is 3.54. The summed E-state index contributed by atoms with van der Waals surface area (Å²) >= 11 is 7.42. The maximum atomic E-state index is 5.99. The van der Waals surface area contributed by atoms with Crippen LogP contribution in [0.4, 0.5) is 5.82 Å². The molecule has 1 fully saturated rings. The highest BCUT2D eigenvalue weighted by Gasteiger charge is 2.21. The van der Waals surface area contributed by atoms with Gasteiger partial charge in [0.25, 0.3) is 0 Å². The quantitative estimate of drug-likeness (QED) is 0.905. The number of rotatable bonds is 3. The first-order valence-corrected chi connectivity index (χ1v) is 9.08. The highest BCUT2D eigenvalue weighted by atomic mass is 79.9. The van der Waals surface area contributed by atoms with Crippen LogP contribution in [0.2, 0.25) is 0 Å². The number of nitrogens with zero attached hydrogens (tertiary/aromatic N) is 2. The van der Waals surface area contributed by atoms with Gasteiger partial charge in [0.05, 0.1) is 15.4 Å². The smallest absolute Gasteiger partial charge is 0.144 e. The third-order valence-corrected chi connectivity index (χ3v) is 6.28. The second kappa shape index (κ2) is 6.48. The Morgan fingerprint density at radius 1 is 1.39 bits per heavy atom. The number of hydrogen-bond donors (Lipinski definition) is 1. The number of nitrogens with two attached hydrogens (primary N) is 1. The molecule has 0 amide bonds. The molecule has 2 rings (SSSR count). The van der Waals surface area contributed by atoms with Gasteiger partial charge in [0, 0.05) is 17.3 Å². The normalized spacial score (nSPS) is 20.3. The first-order valence-electron chi connectivity index (χ1n) is 6.09. The molecule has 6 heteroatoms. The molecule has 0 aliphatic carbocycles. The van der Waals surface area contributed by atoms with Gasteiger partial charge in [-0.05, 0) is 28.3 Å². The van der Waals surface area contributed by atoms with Crippen molar-refractivity contribution in [2.24, 2.45) is 5.92 Å². The van der Waals surface area contributed by atoms with Crippen LogP contribution in [-0.4, -0.2) is 27.2 Å². The van der Waals surface area contributed by atoms with E-state index in [0.717, 1.165) is 28.2 Å². The molecule has 1 saturated heterocycles. The highest BCUT2D eigenvalue weighted by molar-refractivity contribution is 9.10. The molecule has 1 unspecified atom stereocenters. The van der Waals surface area contributed by atoms with Gasteiger partial charge in [-0.15, -0.1) is 11.8 Å². The number of aromatic nitrogens is 2. The van der Waals surface area contributed by atoms with Gasteiger partial charge in [-0.25, -0.2) is 9.97 Å². The maximum absolute atomic E-state index is 5.99. The van der Waals surface area contributed by atoms with Crippen LogP contribution in [-0.2, 0) is 6.42 Å². The summed E-state index contributed by atoms with van der Waals surface area (Å²) in [5.74, 6) is 5.54. The second-order valence-corrected chi connectivity index (χ2v) is 8.01. The first kappa shape index (κ1) is 14.5. The Balaban J connectivity index is 2.27. The van der Waals surface area contributed by atoms with E-state index in [1.165, 1.54) is 11.5 Å². The summed E-state index contributed by atoms with van der Waals surface area (Å²) in [6.45, 7) is 4.38. The van der Waals surface area contributed by atoms with Crippen molar-refractivity contribution in [2.45, 2.75) is 25.5 Å². The SMILES string of the molecule is CC(C)Cc1nc(C2CSCCS2)nc(N)c1Br. The molecule has 2 N–H and O–H groups in total. The van der Waals surface area contributed by atoms with Crippen molar-refractivity contribution in [3.8, 4) is 0 Å². The summed E-state index contributed by atoms with van der Waals surface area (Å²) in [6, 6.07) is 0. The zero-order valence-corrected chi connectivity index (χ0v) is 13.9. The van der Waals surface area contributed by atoms with E-state index in [0.29, 0.717) is 17.0 Å². The van der Waals surface area contributed by atoms with Gasteiger partial charge >= 0.3 is 0 Å². The van der Waals surface area contributed by atoms with E-state index < -0.39 is 0 Å². The molecule has 1 aromatic rings. The van der Waals surface area contributed by atoms with E-state index in [1.54, 1.807) is 0 Å². The standard InChI is InChI=1S/C12H18BrN3S2/c1-7(2)5-8-10(13)11(14)16-12(15-8)9-6-17-3-4-18-9/h7,9H,3-6H2,1-2H3,(H2,14,15,16). The fourth-order valence-electron chi connectivity index (χ4n) is 1.84. The van der Waals surface area contributed by atoms with Crippen molar-refractivity contribution in [3.63, 3.8) is 0 Å². The lowest BCUT2D eigenvalue weighted by molar-refractivity contribution is 0.628. The summed E-state index contributed by atoms with van der Waals surface area (Å²) < 4.78 is 0.869. The van der Waals surface area contributed by atoms with Gasteiger partial charge in [-0.1, -0.05) is 13.8 Å². The summed E-state index contributed by atoms with van der Waals surface area (Å²) in [6.07, 6.45) is 0.935. The number of hydrogen-bond acceptors (Lipinski definition) is 5. The molecule has 0 bridgehead atoms. The summed E-state index contributed by atoms with van der Waals surface area (Å²) in [5, 5.41) is 0.394. The number of anilines is 1. The van der Waals surface area contributed by atoms with E-state index in [1.807, 2.05) is 23.5 Å². The van der Waals surface area contributed by atoms with E-state index >= 15 is 0 Å². The Morgan fingerprint density at radius 2 is 2.17 bits per heavy atom. The topological polar surface area (TPSA) is 51.8 Å². The fraction of sp³-hybridized carbons (Fsp3) is 0.667. The molecule has 0 saturated carbocycles. The molecule has 18 heavy (non-hydrogen) atoms. The van der Waals surface area contributed by atoms with Crippen molar-refractivity contribution < 1.29 is 0 Å². The lowest BCUT2D eigenvalue weighted by atomic mass is 10.1. The number of halogens is 1. The third kappa shape index (κ3) is 3.54. The minimum absolute atomic E-state index is 0.394. The molecule has 1 aromatic heterocycles. The van der Waals surface area contributed by atoms with Crippen molar-refractivity contribution in [1.82, 2.24) is 9.97 Å². The Kier molecular flexibility index (Phi) is 5.21. The van der Waals surface area contributed by atoms with Gasteiger partial charge < -0.3 is 5.73 Å². The van der Waals surface area contributed by atoms with Crippen LogP contribution >= 0.6 is 39.5 Å². The van der Waals surface area contributed by atoms with E-state index in [9.17, 15) is 0 Å². The van der Waals surface area contributed by atoms with Crippen LogP contribution < -0.4 is 5.73 Å². The summed E-state index contributed by atoms with van der Waals surface area (Å²) in [7, 11) is 0. The largest absolute Gasteiger partial charge is 0.383 e. The molecule has 0 radical (unpaired) electrons. The highest BCUT2D eigenvalue weighted by Crippen LogP contribution is 2.36. The molecule has 1 aliphatic heterocycles. The number of thioether (sulfide) groups is 2. The molecule has 0 spiro atoms. The zero-order valence-electron chi connectivity index (χ0n) is 10.6. The van der Waals surface area contributed by atoms with Crippen molar-refractivity contribution in [3.05, 3.63) is 16.0 Å². The van der Waals surface area contributed by atoms with Crippen LogP contribution in [0, 0.1) is 5.92 Å². The van der Waals surface area contributed by atoms with Crippen LogP contribution in [0.5, 0.6) is 0 Å². The van der Waals surface area contributed by atoms with Crippen molar-refractivity contribution in [2.75, 3.05) is 23.0 Å². The average molecular weight is 348 g/mol. The molecule has 0 aromatic carbocycles. The minimum Gasteiger partial charge on any atom is -0.383 e. The lowest BCUT2D eigenvalue weighted by Gasteiger charge is -2.21. The number of nitrogen functional groups attached to an aromatic ring is 1. The molecular weight excluding hydrogens is 330 g/mol. The molecule has 2 heterocycles. The van der Waals surface area contributed by atoms with E-state index in [2.05, 4.69) is 34.8 Å². The summed E-state index contributed by atoms with van der Waals surface area (Å²) in [5.41, 5.74) is 7.03. The van der Waals surface area contributed by atoms with Gasteiger partial charge in [0.1, 0.15) is 11.6 Å². The third-order valence-electron chi connectivity index (χ3n) is 2.67. The lowest BCUT2D eigenvalue weighted by Crippen LogP contribution is -2.14. The Bertz CT molecular complexity index is 420. The Morgan fingerprint density at radius 3 is 2.78 bits per heavy atom. The Hall–Kier alpha value is 0.0600. The van der Waals surface area contributed by atoms with Crippen LogP contribution in [0.25, 0.3) is 0 Å². The van der Waals surface area contributed by atoms with Gasteiger partial charge in [-0.2, -0.15) is 11.8 Å². The van der Waals surface area contributed by atoms with Crippen molar-refractivity contribution >= 4 is 45.3 Å². The van der Waals surface area contributed by atoms with Gasteiger partial charge in [0.2, 0.25) is 0 Å². The zero-order chi connectivity index (χ0) is 13.1. The van der Waals surface area contributed by atoms with Gasteiger partial charge in [0.15, 0.2) is 0 Å². The monoisotopic (exact) mass is 347 g/mol. The summed E-state index contributed by atoms with van der Waals surface area (Å²) in [4.78, 5) is 9.17. The van der Waals surface area contributed by atoms with E-state index in [4.69, 9.17) is 10.7 Å². The molecule has 1 atom stereocenters. The average Bonchev–Trinajstić information content (AvgIpc) is 2.35. The Labute approximate surface area is 125 Å². The van der Waals surface area contributed by atoms with Crippen LogP contribution in [0.15, 0.2) is 4.47 Å². The first-order chi connectivity index (χ1) is 8.58. The van der Waals surface area contributed by atoms with Crippen LogP contribution in [0.3, 0.4) is 0 Å². The predicted molar refractivity (Wildman–Crippen MR) is 85.2 cm³/mol. The fourth-order valence-corrected chi connectivity index (χ4v) is 4.77. The molecule has 3 nitrogen and oxygen atoms in total. The van der Waals surface area contributed by atoms with Gasteiger partial charge in [-0.3, -0.25) is 0 Å². The van der Waals surface area contributed by atoms with Crippen LogP contribution in [0.1, 0.15) is 30.6 Å². The molecule has 1 aliphatic rings.